The van der Waals surface area contributed by atoms with Crippen molar-refractivity contribution >= 4 is 21.9 Å². The smallest absolute Gasteiger partial charge is 0.462 e. The van der Waals surface area contributed by atoms with Gasteiger partial charge in [-0.2, -0.15) is 5.26 Å². The Labute approximate surface area is 114 Å². The predicted octanol–water partition coefficient (Wildman–Crippen LogP) is 3.40. The number of carbonyl (C=O) groups excluding carboxylic acids is 1. The summed E-state index contributed by atoms with van der Waals surface area (Å²) in [5, 5.41) is 8.78. The normalized spacial score (nSPS) is 10.7. The molecular weight excluding hydrogens is 331 g/mol. The first-order valence-electron chi connectivity index (χ1n) is 4.95. The lowest BCUT2D eigenvalue weighted by Crippen LogP contribution is -2.20. The highest BCUT2D eigenvalue weighted by molar-refractivity contribution is 9.10. The van der Waals surface area contributed by atoms with Crippen LogP contribution < -0.4 is 4.74 Å². The summed E-state index contributed by atoms with van der Waals surface area (Å²) < 4.78 is 45.4. The van der Waals surface area contributed by atoms with Gasteiger partial charge in [0.05, 0.1) is 12.2 Å². The molecule has 102 valence electrons. The average molecular weight is 338 g/mol. The number of esters is 1. The minimum absolute atomic E-state index is 0.0203. The average Bonchev–Trinajstić information content (AvgIpc) is 2.27. The molecule has 19 heavy (non-hydrogen) atoms. The van der Waals surface area contributed by atoms with Crippen LogP contribution >= 0.6 is 15.9 Å². The monoisotopic (exact) mass is 337 g/mol. The minimum Gasteiger partial charge on any atom is -0.462 e. The number of hydrogen-bond donors (Lipinski definition) is 0. The van der Waals surface area contributed by atoms with Gasteiger partial charge in [0.25, 0.3) is 0 Å². The van der Waals surface area contributed by atoms with E-state index in [0.29, 0.717) is 0 Å². The van der Waals surface area contributed by atoms with E-state index in [4.69, 9.17) is 5.26 Å². The molecule has 0 N–H and O–H groups in total. The molecule has 0 aromatic heterocycles. The largest absolute Gasteiger partial charge is 0.573 e. The maximum atomic E-state index is 12.3. The van der Waals surface area contributed by atoms with Gasteiger partial charge < -0.3 is 9.47 Å². The zero-order chi connectivity index (χ0) is 14.6. The van der Waals surface area contributed by atoms with Gasteiger partial charge in [-0.05, 0) is 35.0 Å². The maximum Gasteiger partial charge on any atom is 0.573 e. The lowest BCUT2D eigenvalue weighted by Gasteiger charge is -2.15. The number of alkyl halides is 3. The van der Waals surface area contributed by atoms with Crippen LogP contribution in [0.5, 0.6) is 5.75 Å². The van der Waals surface area contributed by atoms with E-state index in [1.165, 1.54) is 19.1 Å². The summed E-state index contributed by atoms with van der Waals surface area (Å²) in [5.74, 6) is -1.88. The van der Waals surface area contributed by atoms with Crippen molar-refractivity contribution in [2.75, 3.05) is 6.61 Å². The minimum atomic E-state index is -5.02. The standard InChI is InChI=1S/C11H7BrF3NO3/c1-2-18-10(17)8-7(12)4-3-6(5-16)9(8)19-11(13,14)15/h3-4H,2H2,1H3. The SMILES string of the molecule is CCOC(=O)c1c(Br)ccc(C#N)c1OC(F)(F)F. The van der Waals surface area contributed by atoms with Crippen LogP contribution in [-0.4, -0.2) is 18.9 Å². The third-order valence-corrected chi connectivity index (χ3v) is 2.59. The van der Waals surface area contributed by atoms with Gasteiger partial charge in [-0.15, -0.1) is 13.2 Å². The molecule has 0 amide bonds. The first kappa shape index (κ1) is 15.3. The third-order valence-electron chi connectivity index (χ3n) is 1.92. The van der Waals surface area contributed by atoms with Crippen LogP contribution in [-0.2, 0) is 4.74 Å². The summed E-state index contributed by atoms with van der Waals surface area (Å²) in [6, 6.07) is 3.91. The molecule has 0 aliphatic carbocycles. The highest BCUT2D eigenvalue weighted by Crippen LogP contribution is 2.35. The van der Waals surface area contributed by atoms with Crippen molar-refractivity contribution in [1.82, 2.24) is 0 Å². The van der Waals surface area contributed by atoms with Gasteiger partial charge >= 0.3 is 12.3 Å². The van der Waals surface area contributed by atoms with Crippen LogP contribution in [0.4, 0.5) is 13.2 Å². The zero-order valence-corrected chi connectivity index (χ0v) is 11.1. The van der Waals surface area contributed by atoms with E-state index in [-0.39, 0.29) is 11.1 Å². The van der Waals surface area contributed by atoms with Gasteiger partial charge in [0, 0.05) is 4.47 Å². The molecule has 0 fully saturated rings. The number of nitrogens with zero attached hydrogens (tertiary/aromatic N) is 1. The van der Waals surface area contributed by atoms with Crippen LogP contribution in [0, 0.1) is 11.3 Å². The van der Waals surface area contributed by atoms with Crippen LogP contribution in [0.1, 0.15) is 22.8 Å². The van der Waals surface area contributed by atoms with E-state index < -0.39 is 29.2 Å². The van der Waals surface area contributed by atoms with Crippen molar-refractivity contribution < 1.29 is 27.4 Å². The summed E-state index contributed by atoms with van der Waals surface area (Å²) in [6.07, 6.45) is -5.02. The Morgan fingerprint density at radius 3 is 2.58 bits per heavy atom. The lowest BCUT2D eigenvalue weighted by molar-refractivity contribution is -0.274. The Balaban J connectivity index is 3.42. The maximum absolute atomic E-state index is 12.3. The summed E-state index contributed by atoms with van der Waals surface area (Å²) in [4.78, 5) is 11.6. The van der Waals surface area contributed by atoms with Gasteiger partial charge in [0.1, 0.15) is 11.6 Å². The summed E-state index contributed by atoms with van der Waals surface area (Å²) >= 11 is 2.93. The molecule has 1 aromatic carbocycles. The van der Waals surface area contributed by atoms with Crippen LogP contribution in [0.15, 0.2) is 16.6 Å². The van der Waals surface area contributed by atoms with E-state index in [2.05, 4.69) is 25.4 Å². The second kappa shape index (κ2) is 5.93. The Kier molecular flexibility index (Phi) is 4.78. The molecule has 0 saturated carbocycles. The van der Waals surface area contributed by atoms with Crippen molar-refractivity contribution in [3.05, 3.63) is 27.7 Å². The van der Waals surface area contributed by atoms with Crippen molar-refractivity contribution in [3.8, 4) is 11.8 Å². The summed E-state index contributed by atoms with van der Waals surface area (Å²) in [6.45, 7) is 1.48. The molecule has 1 aromatic rings. The number of ether oxygens (including phenoxy) is 2. The van der Waals surface area contributed by atoms with Gasteiger partial charge in [0.2, 0.25) is 0 Å². The number of carbonyl (C=O) groups is 1. The molecule has 0 spiro atoms. The second-order valence-corrected chi connectivity index (χ2v) is 4.03. The number of hydrogen-bond acceptors (Lipinski definition) is 4. The number of rotatable bonds is 3. The van der Waals surface area contributed by atoms with E-state index in [1.807, 2.05) is 0 Å². The van der Waals surface area contributed by atoms with Crippen LogP contribution in [0.3, 0.4) is 0 Å². The van der Waals surface area contributed by atoms with Gasteiger partial charge in [-0.3, -0.25) is 0 Å². The van der Waals surface area contributed by atoms with Crippen molar-refractivity contribution in [2.45, 2.75) is 13.3 Å². The van der Waals surface area contributed by atoms with E-state index in [0.717, 1.165) is 6.07 Å². The van der Waals surface area contributed by atoms with E-state index in [9.17, 15) is 18.0 Å². The molecule has 8 heteroatoms. The molecule has 0 heterocycles. The summed E-state index contributed by atoms with van der Waals surface area (Å²) in [5.41, 5.74) is -0.887. The molecule has 0 radical (unpaired) electrons. The van der Waals surface area contributed by atoms with Crippen molar-refractivity contribution in [1.29, 1.82) is 5.26 Å². The van der Waals surface area contributed by atoms with Gasteiger partial charge in [0.15, 0.2) is 5.75 Å². The molecule has 0 saturated heterocycles. The molecule has 0 bridgehead atoms. The first-order valence-corrected chi connectivity index (χ1v) is 5.75. The van der Waals surface area contributed by atoms with Gasteiger partial charge in [-0.25, -0.2) is 4.79 Å². The Bertz CT molecular complexity index is 537. The van der Waals surface area contributed by atoms with Crippen molar-refractivity contribution in [2.24, 2.45) is 0 Å². The molecule has 0 aliphatic heterocycles. The Hall–Kier alpha value is -1.75. The lowest BCUT2D eigenvalue weighted by atomic mass is 10.1. The highest BCUT2D eigenvalue weighted by atomic mass is 79.9. The molecule has 1 rings (SSSR count). The van der Waals surface area contributed by atoms with Gasteiger partial charge in [-0.1, -0.05) is 0 Å². The molecular formula is C11H7BrF3NO3. The fourth-order valence-corrected chi connectivity index (χ4v) is 1.74. The van der Waals surface area contributed by atoms with E-state index in [1.54, 1.807) is 0 Å². The quantitative estimate of drug-likeness (QED) is 0.793. The molecule has 0 unspecified atom stereocenters. The topological polar surface area (TPSA) is 59.3 Å². The van der Waals surface area contributed by atoms with E-state index >= 15 is 0 Å². The van der Waals surface area contributed by atoms with Crippen molar-refractivity contribution in [3.63, 3.8) is 0 Å². The van der Waals surface area contributed by atoms with Crippen LogP contribution in [0.2, 0.25) is 0 Å². The summed E-state index contributed by atoms with van der Waals surface area (Å²) in [7, 11) is 0. The molecule has 4 nitrogen and oxygen atoms in total. The molecule has 0 aliphatic rings. The Morgan fingerprint density at radius 2 is 2.11 bits per heavy atom. The fraction of sp³-hybridized carbons (Fsp3) is 0.273. The zero-order valence-electron chi connectivity index (χ0n) is 9.55. The predicted molar refractivity (Wildman–Crippen MR) is 61.5 cm³/mol. The third kappa shape index (κ3) is 3.86. The highest BCUT2D eigenvalue weighted by Gasteiger charge is 2.35. The number of halogens is 4. The Morgan fingerprint density at radius 1 is 1.47 bits per heavy atom. The second-order valence-electron chi connectivity index (χ2n) is 3.18. The fourth-order valence-electron chi connectivity index (χ4n) is 1.26. The first-order chi connectivity index (χ1) is 8.80. The molecule has 0 atom stereocenters. The van der Waals surface area contributed by atoms with Crippen LogP contribution in [0.25, 0.3) is 0 Å². The number of nitriles is 1. The number of benzene rings is 1.